The van der Waals surface area contributed by atoms with Gasteiger partial charge in [0.05, 0.1) is 23.0 Å². The zero-order valence-electron chi connectivity index (χ0n) is 15.7. The number of nitrogens with one attached hydrogen (secondary N) is 1. The van der Waals surface area contributed by atoms with Gasteiger partial charge in [-0.1, -0.05) is 0 Å². The minimum atomic E-state index is -3.38. The summed E-state index contributed by atoms with van der Waals surface area (Å²) >= 11 is 0. The molecule has 154 valence electrons. The number of benzene rings is 2. The third kappa shape index (κ3) is 4.72. The fourth-order valence-corrected chi connectivity index (χ4v) is 4.27. The standard InChI is InChI=1S/C19H21N3O6S/c1-29(27,28)21-10-2-3-14-11-15(6-9-17(14)21)19(24)20-12-18(23)13-4-7-16(8-5-13)22(25)26/h4-9,11,18,23H,2-3,10,12H2,1H3,(H,20,24)/t18-/m0/s1. The summed E-state index contributed by atoms with van der Waals surface area (Å²) in [6, 6.07) is 10.3. The molecule has 0 saturated carbocycles. The number of hydrogen-bond donors (Lipinski definition) is 2. The number of carbonyl (C=O) groups is 1. The Kier molecular flexibility index (Phi) is 5.85. The first-order valence-corrected chi connectivity index (χ1v) is 10.8. The summed E-state index contributed by atoms with van der Waals surface area (Å²) in [6.45, 7) is 0.349. The molecule has 9 nitrogen and oxygen atoms in total. The van der Waals surface area contributed by atoms with Gasteiger partial charge in [-0.2, -0.15) is 0 Å². The van der Waals surface area contributed by atoms with Gasteiger partial charge >= 0.3 is 0 Å². The van der Waals surface area contributed by atoms with E-state index in [9.17, 15) is 28.4 Å². The molecule has 0 saturated heterocycles. The van der Waals surface area contributed by atoms with Gasteiger partial charge in [-0.25, -0.2) is 8.42 Å². The number of non-ortho nitro benzene ring substituents is 1. The molecule has 0 spiro atoms. The predicted molar refractivity (Wildman–Crippen MR) is 107 cm³/mol. The number of aliphatic hydroxyl groups excluding tert-OH is 1. The van der Waals surface area contributed by atoms with Crippen molar-refractivity contribution in [1.82, 2.24) is 5.32 Å². The number of aliphatic hydroxyl groups is 1. The minimum absolute atomic E-state index is 0.0663. The Morgan fingerprint density at radius 1 is 1.28 bits per heavy atom. The molecule has 29 heavy (non-hydrogen) atoms. The topological polar surface area (TPSA) is 130 Å². The van der Waals surface area contributed by atoms with E-state index >= 15 is 0 Å². The Bertz CT molecular complexity index is 1040. The first kappa shape index (κ1) is 20.7. The Balaban J connectivity index is 1.67. The van der Waals surface area contributed by atoms with Crippen LogP contribution in [0.4, 0.5) is 11.4 Å². The van der Waals surface area contributed by atoms with Crippen molar-refractivity contribution >= 4 is 27.3 Å². The highest BCUT2D eigenvalue weighted by atomic mass is 32.2. The lowest BCUT2D eigenvalue weighted by Crippen LogP contribution is -2.35. The summed E-state index contributed by atoms with van der Waals surface area (Å²) in [7, 11) is -3.38. The van der Waals surface area contributed by atoms with Gasteiger partial charge in [-0.05, 0) is 54.3 Å². The first-order chi connectivity index (χ1) is 13.7. The fraction of sp³-hybridized carbons (Fsp3) is 0.316. The highest BCUT2D eigenvalue weighted by Gasteiger charge is 2.24. The molecule has 2 aromatic rings. The summed E-state index contributed by atoms with van der Waals surface area (Å²) < 4.78 is 25.2. The molecule has 0 radical (unpaired) electrons. The second kappa shape index (κ2) is 8.18. The number of aryl methyl sites for hydroxylation is 1. The number of nitro benzene ring substituents is 1. The van der Waals surface area contributed by atoms with Crippen molar-refractivity contribution < 1.29 is 23.2 Å². The van der Waals surface area contributed by atoms with Gasteiger partial charge in [-0.3, -0.25) is 19.2 Å². The van der Waals surface area contributed by atoms with Crippen LogP contribution in [0.25, 0.3) is 0 Å². The third-order valence-electron chi connectivity index (χ3n) is 4.76. The molecular weight excluding hydrogens is 398 g/mol. The van der Waals surface area contributed by atoms with Gasteiger partial charge in [0.1, 0.15) is 0 Å². The average molecular weight is 419 g/mol. The number of anilines is 1. The highest BCUT2D eigenvalue weighted by molar-refractivity contribution is 7.92. The van der Waals surface area contributed by atoms with Gasteiger partial charge in [-0.15, -0.1) is 0 Å². The average Bonchev–Trinajstić information content (AvgIpc) is 2.70. The lowest BCUT2D eigenvalue weighted by molar-refractivity contribution is -0.384. The number of amides is 1. The quantitative estimate of drug-likeness (QED) is 0.542. The predicted octanol–water partition coefficient (Wildman–Crippen LogP) is 1.77. The van der Waals surface area contributed by atoms with Crippen molar-refractivity contribution in [2.45, 2.75) is 18.9 Å². The monoisotopic (exact) mass is 419 g/mol. The second-order valence-electron chi connectivity index (χ2n) is 6.86. The molecule has 2 aromatic carbocycles. The Labute approximate surface area is 168 Å². The Morgan fingerprint density at radius 3 is 2.59 bits per heavy atom. The Morgan fingerprint density at radius 2 is 1.97 bits per heavy atom. The van der Waals surface area contributed by atoms with Crippen molar-refractivity contribution in [3.05, 3.63) is 69.3 Å². The first-order valence-electron chi connectivity index (χ1n) is 8.98. The molecule has 1 aliphatic heterocycles. The molecule has 1 atom stereocenters. The fourth-order valence-electron chi connectivity index (χ4n) is 3.28. The van der Waals surface area contributed by atoms with E-state index in [0.29, 0.717) is 36.2 Å². The van der Waals surface area contributed by atoms with Crippen LogP contribution in [0.5, 0.6) is 0 Å². The maximum atomic E-state index is 12.4. The van der Waals surface area contributed by atoms with Crippen LogP contribution in [0.2, 0.25) is 0 Å². The van der Waals surface area contributed by atoms with E-state index in [4.69, 9.17) is 0 Å². The van der Waals surface area contributed by atoms with Gasteiger partial charge < -0.3 is 10.4 Å². The van der Waals surface area contributed by atoms with Crippen LogP contribution in [0.1, 0.15) is 34.0 Å². The number of sulfonamides is 1. The van der Waals surface area contributed by atoms with Gasteiger partial charge in [0, 0.05) is 30.8 Å². The molecular formula is C19H21N3O6S. The summed E-state index contributed by atoms with van der Waals surface area (Å²) in [5.41, 5.74) is 2.11. The van der Waals surface area contributed by atoms with Crippen LogP contribution >= 0.6 is 0 Å². The normalized spacial score (nSPS) is 14.8. The molecule has 0 bridgehead atoms. The Hall–Kier alpha value is -2.98. The van der Waals surface area contributed by atoms with Gasteiger partial charge in [0.15, 0.2) is 0 Å². The number of carbonyl (C=O) groups excluding carboxylic acids is 1. The van der Waals surface area contributed by atoms with Crippen molar-refractivity contribution in [3.8, 4) is 0 Å². The molecule has 1 amide bonds. The largest absolute Gasteiger partial charge is 0.387 e. The van der Waals surface area contributed by atoms with Gasteiger partial charge in [0.2, 0.25) is 10.0 Å². The van der Waals surface area contributed by atoms with Crippen LogP contribution in [-0.2, 0) is 16.4 Å². The van der Waals surface area contributed by atoms with Crippen LogP contribution in [0.15, 0.2) is 42.5 Å². The molecule has 1 aliphatic rings. The maximum absolute atomic E-state index is 12.4. The summed E-state index contributed by atoms with van der Waals surface area (Å²) in [5.74, 6) is -0.398. The SMILES string of the molecule is CS(=O)(=O)N1CCCc2cc(C(=O)NC[C@H](O)c3ccc([N+](=O)[O-])cc3)ccc21. The van der Waals surface area contributed by atoms with Crippen LogP contribution in [-0.4, -0.2) is 43.7 Å². The number of rotatable bonds is 6. The van der Waals surface area contributed by atoms with Crippen molar-refractivity contribution in [2.24, 2.45) is 0 Å². The number of fused-ring (bicyclic) bond motifs is 1. The lowest BCUT2D eigenvalue weighted by Gasteiger charge is -2.29. The van der Waals surface area contributed by atoms with Gasteiger partial charge in [0.25, 0.3) is 11.6 Å². The molecule has 2 N–H and O–H groups in total. The third-order valence-corrected chi connectivity index (χ3v) is 5.94. The summed E-state index contributed by atoms with van der Waals surface area (Å²) in [6.07, 6.45) is 1.48. The summed E-state index contributed by atoms with van der Waals surface area (Å²) in [5, 5.41) is 23.5. The number of nitro groups is 1. The van der Waals surface area contributed by atoms with E-state index in [0.717, 1.165) is 11.8 Å². The molecule has 3 rings (SSSR count). The van der Waals surface area contributed by atoms with E-state index in [1.165, 1.54) is 28.6 Å². The van der Waals surface area contributed by atoms with Crippen LogP contribution < -0.4 is 9.62 Å². The van der Waals surface area contributed by atoms with E-state index < -0.39 is 27.0 Å². The smallest absolute Gasteiger partial charge is 0.269 e. The molecule has 0 unspecified atom stereocenters. The molecule has 0 aromatic heterocycles. The van der Waals surface area contributed by atoms with E-state index in [1.807, 2.05) is 0 Å². The maximum Gasteiger partial charge on any atom is 0.269 e. The summed E-state index contributed by atoms with van der Waals surface area (Å²) in [4.78, 5) is 22.6. The molecule has 1 heterocycles. The molecule has 10 heteroatoms. The zero-order chi connectivity index (χ0) is 21.2. The lowest BCUT2D eigenvalue weighted by atomic mass is 10.0. The van der Waals surface area contributed by atoms with Crippen molar-refractivity contribution in [3.63, 3.8) is 0 Å². The van der Waals surface area contributed by atoms with Crippen LogP contribution in [0, 0.1) is 10.1 Å². The minimum Gasteiger partial charge on any atom is -0.387 e. The highest BCUT2D eigenvalue weighted by Crippen LogP contribution is 2.30. The van der Waals surface area contributed by atoms with E-state index in [1.54, 1.807) is 18.2 Å². The van der Waals surface area contributed by atoms with E-state index in [-0.39, 0.29) is 12.2 Å². The number of nitrogens with zero attached hydrogens (tertiary/aromatic N) is 2. The van der Waals surface area contributed by atoms with E-state index in [2.05, 4.69) is 5.32 Å². The van der Waals surface area contributed by atoms with Crippen molar-refractivity contribution in [2.75, 3.05) is 23.7 Å². The van der Waals surface area contributed by atoms with Crippen LogP contribution in [0.3, 0.4) is 0 Å². The second-order valence-corrected chi connectivity index (χ2v) is 8.76. The molecule has 0 aliphatic carbocycles. The number of hydrogen-bond acceptors (Lipinski definition) is 6. The zero-order valence-corrected chi connectivity index (χ0v) is 16.6. The van der Waals surface area contributed by atoms with Crippen molar-refractivity contribution in [1.29, 1.82) is 0 Å². The molecule has 0 fully saturated rings.